The molecule has 0 aliphatic carbocycles. The van der Waals surface area contributed by atoms with Crippen molar-refractivity contribution in [1.29, 1.82) is 0 Å². The second-order valence-electron chi connectivity index (χ2n) is 2.79. The topological polar surface area (TPSA) is 18.5 Å². The Bertz CT molecular complexity index is 383. The smallest absolute Gasteiger partial charge is 0.231 e. The highest BCUT2D eigenvalue weighted by atomic mass is 127. The van der Waals surface area contributed by atoms with Gasteiger partial charge in [-0.05, 0) is 21.8 Å². The lowest BCUT2D eigenvalue weighted by Gasteiger charge is -1.96. The number of rotatable bonds is 2. The summed E-state index contributed by atoms with van der Waals surface area (Å²) >= 11 is 2.18. The van der Waals surface area contributed by atoms with E-state index in [1.807, 2.05) is 40.5 Å². The largest absolute Gasteiger partial charge is 0.454 e. The molecule has 0 N–H and O–H groups in total. The third kappa shape index (κ3) is 2.09. The van der Waals surface area contributed by atoms with Crippen LogP contribution >= 0.6 is 22.6 Å². The molecule has 0 radical (unpaired) electrons. The summed E-state index contributed by atoms with van der Waals surface area (Å²) in [5, 5.41) is 0. The van der Waals surface area contributed by atoms with Crippen LogP contribution in [0.2, 0.25) is 0 Å². The molecule has 0 atom stereocenters. The highest BCUT2D eigenvalue weighted by molar-refractivity contribution is 14.1. The van der Waals surface area contributed by atoms with Crippen molar-refractivity contribution in [2.24, 2.45) is 0 Å². The molecule has 1 aliphatic rings. The molecular formula is C11H9IO2. The summed E-state index contributed by atoms with van der Waals surface area (Å²) in [6.45, 7) is 0.330. The van der Waals surface area contributed by atoms with Crippen molar-refractivity contribution in [3.05, 3.63) is 40.0 Å². The van der Waals surface area contributed by atoms with Gasteiger partial charge in [-0.3, -0.25) is 0 Å². The number of halogens is 1. The molecule has 0 unspecified atom stereocenters. The van der Waals surface area contributed by atoms with Crippen LogP contribution in [0.5, 0.6) is 11.5 Å². The van der Waals surface area contributed by atoms with Crippen molar-refractivity contribution >= 4 is 28.7 Å². The Hall–Kier alpha value is -0.970. The van der Waals surface area contributed by atoms with E-state index in [4.69, 9.17) is 9.47 Å². The van der Waals surface area contributed by atoms with Crippen LogP contribution < -0.4 is 9.47 Å². The van der Waals surface area contributed by atoms with Gasteiger partial charge in [0.1, 0.15) is 0 Å². The summed E-state index contributed by atoms with van der Waals surface area (Å²) in [7, 11) is 0. The molecular weight excluding hydrogens is 291 g/mol. The SMILES string of the molecule is I/C=C/C=C/c1ccc2c(c1)OCO2. The number of allylic oxidation sites excluding steroid dienone is 2. The van der Waals surface area contributed by atoms with E-state index in [1.165, 1.54) is 0 Å². The van der Waals surface area contributed by atoms with E-state index in [9.17, 15) is 0 Å². The van der Waals surface area contributed by atoms with Crippen molar-refractivity contribution in [3.63, 3.8) is 0 Å². The fourth-order valence-electron chi connectivity index (χ4n) is 1.23. The third-order valence-electron chi connectivity index (χ3n) is 1.87. The summed E-state index contributed by atoms with van der Waals surface area (Å²) in [4.78, 5) is 0. The molecule has 1 aliphatic heterocycles. The van der Waals surface area contributed by atoms with Crippen LogP contribution in [-0.2, 0) is 0 Å². The van der Waals surface area contributed by atoms with E-state index < -0.39 is 0 Å². The molecule has 1 aromatic rings. The first-order chi connectivity index (χ1) is 6.90. The van der Waals surface area contributed by atoms with Crippen molar-refractivity contribution in [2.75, 3.05) is 6.79 Å². The maximum absolute atomic E-state index is 5.27. The van der Waals surface area contributed by atoms with Crippen LogP contribution in [0.15, 0.2) is 34.4 Å². The van der Waals surface area contributed by atoms with Crippen molar-refractivity contribution in [2.45, 2.75) is 0 Å². The maximum Gasteiger partial charge on any atom is 0.231 e. The van der Waals surface area contributed by atoms with Gasteiger partial charge in [0, 0.05) is 0 Å². The van der Waals surface area contributed by atoms with Gasteiger partial charge < -0.3 is 9.47 Å². The summed E-state index contributed by atoms with van der Waals surface area (Å²) in [6.07, 6.45) is 5.99. The summed E-state index contributed by atoms with van der Waals surface area (Å²) < 4.78 is 12.4. The number of ether oxygens (including phenoxy) is 2. The Labute approximate surface area is 96.4 Å². The van der Waals surface area contributed by atoms with E-state index in [0.717, 1.165) is 17.1 Å². The van der Waals surface area contributed by atoms with Gasteiger partial charge in [0.15, 0.2) is 11.5 Å². The first-order valence-corrected chi connectivity index (χ1v) is 5.48. The molecule has 2 rings (SSSR count). The Morgan fingerprint density at radius 3 is 2.86 bits per heavy atom. The molecule has 0 fully saturated rings. The monoisotopic (exact) mass is 300 g/mol. The quantitative estimate of drug-likeness (QED) is 0.616. The normalized spacial score (nSPS) is 14.4. The van der Waals surface area contributed by atoms with Crippen molar-refractivity contribution in [1.82, 2.24) is 0 Å². The fraction of sp³-hybridized carbons (Fsp3) is 0.0909. The molecule has 1 heterocycles. The number of benzene rings is 1. The van der Waals surface area contributed by atoms with Gasteiger partial charge in [-0.25, -0.2) is 0 Å². The molecule has 0 aromatic heterocycles. The Balaban J connectivity index is 2.20. The van der Waals surface area contributed by atoms with Gasteiger partial charge >= 0.3 is 0 Å². The highest BCUT2D eigenvalue weighted by Crippen LogP contribution is 2.32. The summed E-state index contributed by atoms with van der Waals surface area (Å²) in [5.74, 6) is 1.65. The van der Waals surface area contributed by atoms with Gasteiger partial charge in [0.05, 0.1) is 0 Å². The zero-order chi connectivity index (χ0) is 9.80. The lowest BCUT2D eigenvalue weighted by molar-refractivity contribution is 0.174. The van der Waals surface area contributed by atoms with Gasteiger partial charge in [-0.15, -0.1) is 0 Å². The number of hydrogen-bond acceptors (Lipinski definition) is 2. The molecule has 1 aromatic carbocycles. The molecule has 0 bridgehead atoms. The van der Waals surface area contributed by atoms with E-state index >= 15 is 0 Å². The second-order valence-corrected chi connectivity index (χ2v) is 3.51. The fourth-order valence-corrected chi connectivity index (χ4v) is 1.47. The minimum Gasteiger partial charge on any atom is -0.454 e. The molecule has 0 saturated carbocycles. The van der Waals surface area contributed by atoms with Crippen LogP contribution in [-0.4, -0.2) is 6.79 Å². The molecule has 0 spiro atoms. The molecule has 0 saturated heterocycles. The van der Waals surface area contributed by atoms with E-state index in [0.29, 0.717) is 6.79 Å². The van der Waals surface area contributed by atoms with Gasteiger partial charge in [-0.1, -0.05) is 46.9 Å². The Morgan fingerprint density at radius 2 is 2.00 bits per heavy atom. The second kappa shape index (κ2) is 4.50. The van der Waals surface area contributed by atoms with E-state index in [2.05, 4.69) is 22.6 Å². The molecule has 0 amide bonds. The van der Waals surface area contributed by atoms with Crippen LogP contribution in [0.3, 0.4) is 0 Å². The average molecular weight is 300 g/mol. The lowest BCUT2D eigenvalue weighted by atomic mass is 10.2. The standard InChI is InChI=1S/C11H9IO2/c12-6-2-1-3-9-4-5-10-11(7-9)14-8-13-10/h1-7H,8H2/b3-1+,6-2+. The zero-order valence-electron chi connectivity index (χ0n) is 7.44. The molecule has 2 nitrogen and oxygen atoms in total. The maximum atomic E-state index is 5.27. The van der Waals surface area contributed by atoms with Crippen LogP contribution in [0.1, 0.15) is 5.56 Å². The van der Waals surface area contributed by atoms with Crippen molar-refractivity contribution in [3.8, 4) is 11.5 Å². The molecule has 14 heavy (non-hydrogen) atoms. The van der Waals surface area contributed by atoms with Crippen LogP contribution in [0, 0.1) is 0 Å². The predicted molar refractivity (Wildman–Crippen MR) is 64.8 cm³/mol. The summed E-state index contributed by atoms with van der Waals surface area (Å²) in [6, 6.07) is 5.90. The first-order valence-electron chi connectivity index (χ1n) is 4.23. The van der Waals surface area contributed by atoms with Crippen LogP contribution in [0.25, 0.3) is 6.08 Å². The summed E-state index contributed by atoms with van der Waals surface area (Å²) in [5.41, 5.74) is 1.11. The lowest BCUT2D eigenvalue weighted by Crippen LogP contribution is -1.92. The molecule has 3 heteroatoms. The Morgan fingerprint density at radius 1 is 1.14 bits per heavy atom. The van der Waals surface area contributed by atoms with Crippen LogP contribution in [0.4, 0.5) is 0 Å². The van der Waals surface area contributed by atoms with Gasteiger partial charge in [-0.2, -0.15) is 0 Å². The van der Waals surface area contributed by atoms with E-state index in [-0.39, 0.29) is 0 Å². The Kier molecular flexibility index (Phi) is 3.08. The van der Waals surface area contributed by atoms with E-state index in [1.54, 1.807) is 0 Å². The minimum absolute atomic E-state index is 0.330. The number of fused-ring (bicyclic) bond motifs is 1. The zero-order valence-corrected chi connectivity index (χ0v) is 9.60. The van der Waals surface area contributed by atoms with Crippen molar-refractivity contribution < 1.29 is 9.47 Å². The van der Waals surface area contributed by atoms with Gasteiger partial charge in [0.2, 0.25) is 6.79 Å². The highest BCUT2D eigenvalue weighted by Gasteiger charge is 2.11. The third-order valence-corrected chi connectivity index (χ3v) is 2.28. The number of hydrogen-bond donors (Lipinski definition) is 0. The minimum atomic E-state index is 0.330. The predicted octanol–water partition coefficient (Wildman–Crippen LogP) is 3.38. The average Bonchev–Trinajstić information content (AvgIpc) is 2.65. The first kappa shape index (κ1) is 9.58. The molecule has 72 valence electrons. The van der Waals surface area contributed by atoms with Gasteiger partial charge in [0.25, 0.3) is 0 Å².